The molecule has 0 saturated heterocycles. The second-order valence-electron chi connectivity index (χ2n) is 5.19. The summed E-state index contributed by atoms with van der Waals surface area (Å²) in [4.78, 5) is 10.5. The van der Waals surface area contributed by atoms with Gasteiger partial charge >= 0.3 is 112 Å². The summed E-state index contributed by atoms with van der Waals surface area (Å²) in [5.74, 6) is 0. The molecule has 0 aromatic heterocycles. The second kappa shape index (κ2) is 10.3. The van der Waals surface area contributed by atoms with Gasteiger partial charge in [0.15, 0.2) is 0 Å². The molecule has 0 aromatic carbocycles. The predicted octanol–water partition coefficient (Wildman–Crippen LogP) is 1.65. The van der Waals surface area contributed by atoms with E-state index in [9.17, 15) is 4.79 Å². The fourth-order valence-corrected chi connectivity index (χ4v) is 5.37. The van der Waals surface area contributed by atoms with Crippen LogP contribution in [0.5, 0.6) is 0 Å². The maximum atomic E-state index is 10.5. The van der Waals surface area contributed by atoms with Gasteiger partial charge in [0, 0.05) is 0 Å². The Hall–Kier alpha value is -0.416. The molecule has 3 rings (SSSR count). The van der Waals surface area contributed by atoms with Crippen molar-refractivity contribution >= 4 is 6.47 Å². The topological polar surface area (TPSA) is 72.4 Å². The van der Waals surface area contributed by atoms with Crippen LogP contribution in [0, 0.1) is 0 Å². The van der Waals surface area contributed by atoms with Crippen LogP contribution in [-0.2, 0) is 27.7 Å². The van der Waals surface area contributed by atoms with Gasteiger partial charge in [-0.1, -0.05) is 0 Å². The molecule has 0 bridgehead atoms. The summed E-state index contributed by atoms with van der Waals surface area (Å²) < 4.78 is 5.77. The third-order valence-electron chi connectivity index (χ3n) is 4.32. The summed E-state index contributed by atoms with van der Waals surface area (Å²) in [6.45, 7) is 0.657. The summed E-state index contributed by atoms with van der Waals surface area (Å²) in [7, 11) is 1.50. The van der Waals surface area contributed by atoms with Crippen LogP contribution in [0.1, 0.15) is 51.4 Å². The van der Waals surface area contributed by atoms with Crippen molar-refractivity contribution in [2.75, 3.05) is 14.2 Å². The summed E-state index contributed by atoms with van der Waals surface area (Å²) >= 11 is -0.596. The van der Waals surface area contributed by atoms with Gasteiger partial charge in [0.05, 0.1) is 0 Å². The normalized spacial score (nSPS) is 20.2. The second-order valence-corrected chi connectivity index (χ2v) is 6.82. The fourth-order valence-electron chi connectivity index (χ4n) is 3.63. The summed E-state index contributed by atoms with van der Waals surface area (Å²) in [6, 6.07) is 0. The number of hydrogen-bond donors (Lipinski definition) is 0. The number of carbonyl (C=O) groups excluding carboxylic acids is 1. The van der Waals surface area contributed by atoms with E-state index in [4.69, 9.17) is 13.5 Å². The van der Waals surface area contributed by atoms with Crippen molar-refractivity contribution in [3.05, 3.63) is 22.3 Å². The zero-order chi connectivity index (χ0) is 15.7. The minimum absolute atomic E-state index is 0.575. The number of rotatable bonds is 3. The Morgan fingerprint density at radius 1 is 0.905 bits per heavy atom. The van der Waals surface area contributed by atoms with Crippen molar-refractivity contribution < 1.29 is 37.9 Å². The number of fused-ring (bicyclic) bond motifs is 1. The van der Waals surface area contributed by atoms with E-state index < -0.39 is 19.5 Å². The van der Waals surface area contributed by atoms with E-state index in [0.717, 1.165) is 14.2 Å². The first-order chi connectivity index (χ1) is 10.4. The Bertz CT molecular complexity index is 369. The van der Waals surface area contributed by atoms with Gasteiger partial charge in [-0.3, -0.25) is 0 Å². The molecule has 0 radical (unpaired) electrons. The van der Waals surface area contributed by atoms with Crippen LogP contribution in [0.4, 0.5) is 0 Å². The van der Waals surface area contributed by atoms with Crippen LogP contribution in [0.15, 0.2) is 22.3 Å². The molecule has 0 fully saturated rings. The van der Waals surface area contributed by atoms with Crippen LogP contribution >= 0.6 is 0 Å². The van der Waals surface area contributed by atoms with E-state index in [1.54, 1.807) is 22.3 Å². The number of hydrogen-bond acceptors (Lipinski definition) is 4. The van der Waals surface area contributed by atoms with Crippen molar-refractivity contribution in [2.45, 2.75) is 55.6 Å². The van der Waals surface area contributed by atoms with Crippen LogP contribution in [0.25, 0.3) is 0 Å². The van der Waals surface area contributed by atoms with E-state index in [2.05, 4.69) is 0 Å². The molecular formula is C16H24O4Ti. The van der Waals surface area contributed by atoms with E-state index in [-0.39, 0.29) is 0 Å². The summed E-state index contributed by atoms with van der Waals surface area (Å²) in [5.41, 5.74) is 6.72. The van der Waals surface area contributed by atoms with Gasteiger partial charge in [-0.05, 0) is 0 Å². The summed E-state index contributed by atoms with van der Waals surface area (Å²) in [5, 5.41) is 16.5. The molecule has 3 aliphatic rings. The average molecular weight is 328 g/mol. The molecule has 0 aromatic rings. The fraction of sp³-hybridized carbons (Fsp3) is 0.688. The molecule has 0 unspecified atom stereocenters. The van der Waals surface area contributed by atoms with Gasteiger partial charge in [-0.25, -0.2) is 0 Å². The van der Waals surface area contributed by atoms with Crippen molar-refractivity contribution in [2.24, 2.45) is 0 Å². The van der Waals surface area contributed by atoms with Crippen LogP contribution in [0.2, 0.25) is 4.22 Å². The molecule has 116 valence electrons. The zero-order valence-corrected chi connectivity index (χ0v) is 14.5. The van der Waals surface area contributed by atoms with E-state index in [0.29, 0.717) is 10.7 Å². The van der Waals surface area contributed by atoms with Gasteiger partial charge in [0.25, 0.3) is 0 Å². The molecule has 0 saturated carbocycles. The van der Waals surface area contributed by atoms with Crippen LogP contribution < -0.4 is 10.2 Å². The number of carbonyl (C=O) groups is 1. The monoisotopic (exact) mass is 328 g/mol. The standard InChI is InChI=1S/C13H17.CH2O2.2CH3O.Ti/c1-3-7-12-10(5-1)9-11-6-2-4-8-13(11)12;2-1-3;2*1-2;/h9H,1-8H2;1H,(H,2,3);2*1H3;/q;;2*-1;+3/p-1. The van der Waals surface area contributed by atoms with E-state index in [1.807, 2.05) is 0 Å². The van der Waals surface area contributed by atoms with Crippen molar-refractivity contribution in [1.82, 2.24) is 0 Å². The SMILES string of the molecule is C[O-].C[O-].O=C[O][Ti+2][CH]1C2=C(CCCC2)C2=C1CCCC2. The Morgan fingerprint density at radius 2 is 1.33 bits per heavy atom. The Labute approximate surface area is 136 Å². The first-order valence-corrected chi connectivity index (χ1v) is 9.06. The molecular weight excluding hydrogens is 304 g/mol. The molecule has 0 amide bonds. The van der Waals surface area contributed by atoms with Crippen LogP contribution in [0.3, 0.4) is 0 Å². The molecule has 21 heavy (non-hydrogen) atoms. The van der Waals surface area contributed by atoms with E-state index in [1.165, 1.54) is 51.4 Å². The molecule has 5 heteroatoms. The van der Waals surface area contributed by atoms with Gasteiger partial charge in [0.2, 0.25) is 0 Å². The number of allylic oxidation sites excluding steroid dienone is 4. The third-order valence-corrected chi connectivity index (χ3v) is 6.14. The Kier molecular flexibility index (Phi) is 9.17. The van der Waals surface area contributed by atoms with Gasteiger partial charge < -0.3 is 10.2 Å². The van der Waals surface area contributed by atoms with E-state index >= 15 is 0 Å². The first kappa shape index (κ1) is 18.6. The minimum atomic E-state index is -0.596. The predicted molar refractivity (Wildman–Crippen MR) is 73.7 cm³/mol. The molecule has 0 spiro atoms. The molecule has 3 aliphatic carbocycles. The molecule has 0 atom stereocenters. The average Bonchev–Trinajstić information content (AvgIpc) is 2.91. The quantitative estimate of drug-likeness (QED) is 0.583. The Balaban J connectivity index is 0.000000510. The molecule has 0 N–H and O–H groups in total. The van der Waals surface area contributed by atoms with Gasteiger partial charge in [0.1, 0.15) is 0 Å². The van der Waals surface area contributed by atoms with Crippen LogP contribution in [-0.4, -0.2) is 20.7 Å². The third kappa shape index (κ3) is 4.29. The maximum absolute atomic E-state index is 10.5. The molecule has 0 heterocycles. The van der Waals surface area contributed by atoms with Crippen molar-refractivity contribution in [3.63, 3.8) is 0 Å². The zero-order valence-electron chi connectivity index (χ0n) is 12.9. The molecule has 4 nitrogen and oxygen atoms in total. The molecule has 0 aliphatic heterocycles. The van der Waals surface area contributed by atoms with Crippen molar-refractivity contribution in [1.29, 1.82) is 0 Å². The van der Waals surface area contributed by atoms with Gasteiger partial charge in [-0.15, -0.1) is 0 Å². The Morgan fingerprint density at radius 3 is 1.76 bits per heavy atom. The van der Waals surface area contributed by atoms with Gasteiger partial charge in [-0.2, -0.15) is 14.2 Å². The van der Waals surface area contributed by atoms with Crippen molar-refractivity contribution in [3.8, 4) is 0 Å². The first-order valence-electron chi connectivity index (χ1n) is 7.52. The summed E-state index contributed by atoms with van der Waals surface area (Å²) in [6.07, 6.45) is 10.5.